The van der Waals surface area contributed by atoms with Gasteiger partial charge in [-0.25, -0.2) is 9.59 Å². The Kier molecular flexibility index (Phi) is 7.33. The standard InChI is InChI=1S/C11H22N2O3/c1-4-6-7-9(10(14)15)12-11(16)13(3)8-5-2/h9H,4-8H2,1-3H3,(H,12,16)(H,14,15)/t9-/m0/s1. The molecule has 0 aliphatic rings. The van der Waals surface area contributed by atoms with E-state index < -0.39 is 12.0 Å². The molecular formula is C11H22N2O3. The topological polar surface area (TPSA) is 69.6 Å². The van der Waals surface area contributed by atoms with Crippen LogP contribution in [0.4, 0.5) is 4.79 Å². The van der Waals surface area contributed by atoms with Crippen LogP contribution < -0.4 is 5.32 Å². The first-order chi connectivity index (χ1) is 7.52. The van der Waals surface area contributed by atoms with Crippen molar-refractivity contribution in [2.75, 3.05) is 13.6 Å². The van der Waals surface area contributed by atoms with E-state index in [1.54, 1.807) is 7.05 Å². The van der Waals surface area contributed by atoms with Crippen molar-refractivity contribution in [1.29, 1.82) is 0 Å². The Morgan fingerprint density at radius 2 is 1.94 bits per heavy atom. The highest BCUT2D eigenvalue weighted by atomic mass is 16.4. The lowest BCUT2D eigenvalue weighted by atomic mass is 10.1. The number of carboxylic acids is 1. The van der Waals surface area contributed by atoms with Crippen LogP contribution in [0.1, 0.15) is 39.5 Å². The van der Waals surface area contributed by atoms with Crippen molar-refractivity contribution in [2.24, 2.45) is 0 Å². The van der Waals surface area contributed by atoms with Gasteiger partial charge in [-0.1, -0.05) is 26.7 Å². The van der Waals surface area contributed by atoms with Crippen LogP contribution in [-0.4, -0.2) is 41.6 Å². The summed E-state index contributed by atoms with van der Waals surface area (Å²) in [6.07, 6.45) is 3.06. The third-order valence-electron chi connectivity index (χ3n) is 2.35. The van der Waals surface area contributed by atoms with Gasteiger partial charge < -0.3 is 15.3 Å². The van der Waals surface area contributed by atoms with Crippen molar-refractivity contribution in [2.45, 2.75) is 45.6 Å². The van der Waals surface area contributed by atoms with Crippen molar-refractivity contribution in [3.8, 4) is 0 Å². The van der Waals surface area contributed by atoms with Gasteiger partial charge in [0.15, 0.2) is 0 Å². The Balaban J connectivity index is 4.17. The summed E-state index contributed by atoms with van der Waals surface area (Å²) in [6, 6.07) is -1.09. The third-order valence-corrected chi connectivity index (χ3v) is 2.35. The first-order valence-electron chi connectivity index (χ1n) is 5.77. The summed E-state index contributed by atoms with van der Waals surface area (Å²) in [5, 5.41) is 11.5. The summed E-state index contributed by atoms with van der Waals surface area (Å²) < 4.78 is 0. The molecule has 0 aliphatic carbocycles. The molecule has 5 heteroatoms. The summed E-state index contributed by atoms with van der Waals surface area (Å²) in [4.78, 5) is 24.0. The summed E-state index contributed by atoms with van der Waals surface area (Å²) in [5.41, 5.74) is 0. The monoisotopic (exact) mass is 230 g/mol. The molecule has 5 nitrogen and oxygen atoms in total. The van der Waals surface area contributed by atoms with Crippen LogP contribution in [0.25, 0.3) is 0 Å². The highest BCUT2D eigenvalue weighted by Gasteiger charge is 2.20. The molecule has 0 heterocycles. The quantitative estimate of drug-likeness (QED) is 0.699. The minimum absolute atomic E-state index is 0.314. The van der Waals surface area contributed by atoms with Crippen LogP contribution in [0.5, 0.6) is 0 Å². The molecule has 0 spiro atoms. The van der Waals surface area contributed by atoms with Gasteiger partial charge in [0.05, 0.1) is 0 Å². The van der Waals surface area contributed by atoms with Crippen LogP contribution in [0.2, 0.25) is 0 Å². The number of hydrogen-bond donors (Lipinski definition) is 2. The first-order valence-corrected chi connectivity index (χ1v) is 5.77. The number of nitrogens with one attached hydrogen (secondary N) is 1. The van der Waals surface area contributed by atoms with E-state index in [0.29, 0.717) is 13.0 Å². The average Bonchev–Trinajstić information content (AvgIpc) is 2.23. The summed E-state index contributed by atoms with van der Waals surface area (Å²) in [7, 11) is 1.66. The number of hydrogen-bond acceptors (Lipinski definition) is 2. The second-order valence-electron chi connectivity index (χ2n) is 3.90. The molecule has 16 heavy (non-hydrogen) atoms. The number of nitrogens with zero attached hydrogens (tertiary/aromatic N) is 1. The average molecular weight is 230 g/mol. The Morgan fingerprint density at radius 3 is 2.38 bits per heavy atom. The number of urea groups is 1. The van der Waals surface area contributed by atoms with Crippen LogP contribution >= 0.6 is 0 Å². The Morgan fingerprint density at radius 1 is 1.31 bits per heavy atom. The summed E-state index contributed by atoms with van der Waals surface area (Å²) in [5.74, 6) is -0.966. The van der Waals surface area contributed by atoms with E-state index in [1.807, 2.05) is 13.8 Å². The molecule has 1 atom stereocenters. The first kappa shape index (κ1) is 14.7. The molecule has 94 valence electrons. The van der Waals surface area contributed by atoms with Crippen LogP contribution in [0.15, 0.2) is 0 Å². The van der Waals surface area contributed by atoms with Crippen molar-refractivity contribution >= 4 is 12.0 Å². The predicted molar refractivity (Wildman–Crippen MR) is 62.4 cm³/mol. The lowest BCUT2D eigenvalue weighted by molar-refractivity contribution is -0.139. The maximum absolute atomic E-state index is 11.6. The van der Waals surface area contributed by atoms with E-state index in [-0.39, 0.29) is 6.03 Å². The number of amides is 2. The number of rotatable bonds is 7. The Labute approximate surface area is 96.8 Å². The zero-order chi connectivity index (χ0) is 12.6. The van der Waals surface area contributed by atoms with Gasteiger partial charge in [-0.15, -0.1) is 0 Å². The molecule has 0 aromatic rings. The smallest absolute Gasteiger partial charge is 0.326 e. The molecule has 0 fully saturated rings. The van der Waals surface area contributed by atoms with Gasteiger partial charge in [-0.3, -0.25) is 0 Å². The molecule has 0 aromatic carbocycles. The second-order valence-corrected chi connectivity index (χ2v) is 3.90. The molecule has 0 bridgehead atoms. The van der Waals surface area contributed by atoms with E-state index in [0.717, 1.165) is 19.3 Å². The van der Waals surface area contributed by atoms with E-state index >= 15 is 0 Å². The Hall–Kier alpha value is -1.26. The molecular weight excluding hydrogens is 208 g/mol. The highest BCUT2D eigenvalue weighted by Crippen LogP contribution is 2.01. The molecule has 0 aliphatic heterocycles. The van der Waals surface area contributed by atoms with Gasteiger partial charge in [0.1, 0.15) is 6.04 Å². The maximum atomic E-state index is 11.6. The van der Waals surface area contributed by atoms with Crippen molar-refractivity contribution in [3.05, 3.63) is 0 Å². The molecule has 0 saturated heterocycles. The van der Waals surface area contributed by atoms with E-state index in [2.05, 4.69) is 5.32 Å². The molecule has 2 N–H and O–H groups in total. The minimum Gasteiger partial charge on any atom is -0.480 e. The van der Waals surface area contributed by atoms with Crippen molar-refractivity contribution < 1.29 is 14.7 Å². The van der Waals surface area contributed by atoms with Crippen molar-refractivity contribution in [1.82, 2.24) is 10.2 Å². The van der Waals surface area contributed by atoms with Crippen LogP contribution in [-0.2, 0) is 4.79 Å². The zero-order valence-corrected chi connectivity index (χ0v) is 10.3. The predicted octanol–water partition coefficient (Wildman–Crippen LogP) is 1.68. The van der Waals surface area contributed by atoms with Crippen LogP contribution in [0, 0.1) is 0 Å². The Bertz CT molecular complexity index is 231. The normalized spacial score (nSPS) is 11.9. The highest BCUT2D eigenvalue weighted by molar-refractivity contribution is 5.82. The third kappa shape index (κ3) is 5.58. The number of carbonyl (C=O) groups excluding carboxylic acids is 1. The molecule has 0 radical (unpaired) electrons. The number of carboxylic acid groups (broad SMARTS) is 1. The fraction of sp³-hybridized carbons (Fsp3) is 0.818. The van der Waals surface area contributed by atoms with Gasteiger partial charge >= 0.3 is 12.0 Å². The van der Waals surface area contributed by atoms with Gasteiger partial charge in [0.2, 0.25) is 0 Å². The zero-order valence-electron chi connectivity index (χ0n) is 10.3. The van der Waals surface area contributed by atoms with Crippen molar-refractivity contribution in [3.63, 3.8) is 0 Å². The number of aliphatic carboxylic acids is 1. The lowest BCUT2D eigenvalue weighted by Crippen LogP contribution is -2.46. The number of unbranched alkanes of at least 4 members (excludes halogenated alkanes) is 1. The van der Waals surface area contributed by atoms with Gasteiger partial charge in [0, 0.05) is 13.6 Å². The fourth-order valence-electron chi connectivity index (χ4n) is 1.36. The summed E-state index contributed by atoms with van der Waals surface area (Å²) >= 11 is 0. The molecule has 2 amide bonds. The fourth-order valence-corrected chi connectivity index (χ4v) is 1.36. The molecule has 0 aromatic heterocycles. The van der Waals surface area contributed by atoms with Gasteiger partial charge in [-0.2, -0.15) is 0 Å². The maximum Gasteiger partial charge on any atom is 0.326 e. The van der Waals surface area contributed by atoms with E-state index in [1.165, 1.54) is 4.90 Å². The van der Waals surface area contributed by atoms with E-state index in [9.17, 15) is 9.59 Å². The minimum atomic E-state index is -0.966. The SMILES string of the molecule is CCCC[C@H](NC(=O)N(C)CCC)C(=O)O. The van der Waals surface area contributed by atoms with Gasteiger partial charge in [0.25, 0.3) is 0 Å². The number of carbonyl (C=O) groups is 2. The lowest BCUT2D eigenvalue weighted by Gasteiger charge is -2.20. The molecule has 0 saturated carbocycles. The van der Waals surface area contributed by atoms with Crippen LogP contribution in [0.3, 0.4) is 0 Å². The molecule has 0 unspecified atom stereocenters. The summed E-state index contributed by atoms with van der Waals surface area (Å²) in [6.45, 7) is 4.59. The second kappa shape index (κ2) is 7.96. The van der Waals surface area contributed by atoms with Gasteiger partial charge in [-0.05, 0) is 12.8 Å². The molecule has 0 rings (SSSR count). The largest absolute Gasteiger partial charge is 0.480 e. The van der Waals surface area contributed by atoms with E-state index in [4.69, 9.17) is 5.11 Å².